The predicted octanol–water partition coefficient (Wildman–Crippen LogP) is 2.22. The first-order chi connectivity index (χ1) is 10.8. The summed E-state index contributed by atoms with van der Waals surface area (Å²) in [6, 6.07) is 8.07. The fraction of sp³-hybridized carbons (Fsp3) is 0.353. The van der Waals surface area contributed by atoms with Crippen molar-refractivity contribution in [3.8, 4) is 0 Å². The van der Waals surface area contributed by atoms with Crippen molar-refractivity contribution in [1.29, 1.82) is 0 Å². The molecule has 1 aliphatic rings. The van der Waals surface area contributed by atoms with Gasteiger partial charge in [0.15, 0.2) is 0 Å². The van der Waals surface area contributed by atoms with Gasteiger partial charge >= 0.3 is 0 Å². The predicted molar refractivity (Wildman–Crippen MR) is 93.7 cm³/mol. The number of allylic oxidation sites excluding steroid dienone is 3. The maximum Gasteiger partial charge on any atom is 0.149 e. The van der Waals surface area contributed by atoms with E-state index in [1.165, 1.54) is 6.26 Å². The molecule has 2 aromatic rings. The Bertz CT molecular complexity index is 907. The molecule has 0 N–H and O–H groups in total. The van der Waals surface area contributed by atoms with Crippen LogP contribution >= 0.6 is 0 Å². The summed E-state index contributed by atoms with van der Waals surface area (Å²) >= 11 is 0. The van der Waals surface area contributed by atoms with Crippen molar-refractivity contribution in [1.82, 2.24) is 14.5 Å². The molecule has 0 amide bonds. The zero-order valence-electron chi connectivity index (χ0n) is 13.7. The van der Waals surface area contributed by atoms with Gasteiger partial charge in [-0.15, -0.1) is 0 Å². The molecule has 0 fully saturated rings. The second-order valence-electron chi connectivity index (χ2n) is 6.00. The first-order valence-corrected chi connectivity index (χ1v) is 9.64. The van der Waals surface area contributed by atoms with Crippen molar-refractivity contribution in [3.63, 3.8) is 0 Å². The molecular weight excluding hydrogens is 310 g/mol. The van der Waals surface area contributed by atoms with Crippen LogP contribution in [-0.2, 0) is 16.9 Å². The van der Waals surface area contributed by atoms with Crippen molar-refractivity contribution in [2.75, 3.05) is 25.1 Å². The number of hydrogen-bond acceptors (Lipinski definition) is 4. The molecule has 2 heterocycles. The van der Waals surface area contributed by atoms with Crippen molar-refractivity contribution in [3.05, 3.63) is 47.9 Å². The standard InChI is InChI=1S/C17H21N3O2S/c1-13-12-14(8-9-20(13)10-11-23(3,21)22)17-18-15-6-4-5-7-16(15)19(17)2/h4-8,12H,9-11H2,1-3H3. The van der Waals surface area contributed by atoms with E-state index in [9.17, 15) is 8.42 Å². The Morgan fingerprint density at radius 1 is 1.26 bits per heavy atom. The van der Waals surface area contributed by atoms with E-state index in [1.807, 2.05) is 32.2 Å². The maximum atomic E-state index is 11.3. The van der Waals surface area contributed by atoms with Gasteiger partial charge in [0.1, 0.15) is 15.7 Å². The van der Waals surface area contributed by atoms with Gasteiger partial charge in [-0.05, 0) is 25.1 Å². The summed E-state index contributed by atoms with van der Waals surface area (Å²) < 4.78 is 24.8. The SMILES string of the molecule is CC1=CC(c2nc3ccccc3n2C)=CCN1CCS(C)(=O)=O. The fourth-order valence-electron chi connectivity index (χ4n) is 2.83. The van der Waals surface area contributed by atoms with Crippen LogP contribution in [0.4, 0.5) is 0 Å². The van der Waals surface area contributed by atoms with Crippen molar-refractivity contribution in [2.24, 2.45) is 7.05 Å². The first-order valence-electron chi connectivity index (χ1n) is 7.58. The van der Waals surface area contributed by atoms with E-state index >= 15 is 0 Å². The van der Waals surface area contributed by atoms with Gasteiger partial charge in [-0.3, -0.25) is 0 Å². The van der Waals surface area contributed by atoms with Gasteiger partial charge in [0.25, 0.3) is 0 Å². The van der Waals surface area contributed by atoms with E-state index in [4.69, 9.17) is 4.98 Å². The first kappa shape index (κ1) is 15.8. The number of aromatic nitrogens is 2. The number of nitrogens with zero attached hydrogens (tertiary/aromatic N) is 3. The van der Waals surface area contributed by atoms with Gasteiger partial charge in [-0.25, -0.2) is 13.4 Å². The lowest BCUT2D eigenvalue weighted by atomic mass is 10.1. The van der Waals surface area contributed by atoms with Crippen molar-refractivity contribution in [2.45, 2.75) is 6.92 Å². The molecule has 5 nitrogen and oxygen atoms in total. The summed E-state index contributed by atoms with van der Waals surface area (Å²) in [4.78, 5) is 6.79. The number of sulfone groups is 1. The second kappa shape index (κ2) is 5.85. The third-order valence-electron chi connectivity index (χ3n) is 4.17. The van der Waals surface area contributed by atoms with Crippen molar-refractivity contribution < 1.29 is 8.42 Å². The Balaban J connectivity index is 1.85. The van der Waals surface area contributed by atoms with Crippen LogP contribution in [-0.4, -0.2) is 48.0 Å². The second-order valence-corrected chi connectivity index (χ2v) is 8.26. The molecule has 0 radical (unpaired) electrons. The van der Waals surface area contributed by atoms with Gasteiger partial charge in [0, 0.05) is 37.7 Å². The molecule has 0 spiro atoms. The van der Waals surface area contributed by atoms with E-state index in [2.05, 4.69) is 27.7 Å². The normalized spacial score (nSPS) is 15.7. The third kappa shape index (κ3) is 3.32. The lowest BCUT2D eigenvalue weighted by Gasteiger charge is -2.27. The summed E-state index contributed by atoms with van der Waals surface area (Å²) in [5, 5.41) is 0. The van der Waals surface area contributed by atoms with Gasteiger partial charge in [-0.1, -0.05) is 18.2 Å². The Kier molecular flexibility index (Phi) is 4.02. The smallest absolute Gasteiger partial charge is 0.149 e. The third-order valence-corrected chi connectivity index (χ3v) is 5.10. The zero-order chi connectivity index (χ0) is 16.6. The molecule has 0 saturated carbocycles. The molecule has 0 bridgehead atoms. The summed E-state index contributed by atoms with van der Waals surface area (Å²) in [6.45, 7) is 3.24. The molecule has 3 rings (SSSR count). The molecule has 122 valence electrons. The van der Waals surface area contributed by atoms with Crippen LogP contribution in [0.3, 0.4) is 0 Å². The van der Waals surface area contributed by atoms with E-state index in [1.54, 1.807) is 0 Å². The molecule has 1 aromatic carbocycles. The van der Waals surface area contributed by atoms with Crippen LogP contribution in [0.5, 0.6) is 0 Å². The molecule has 0 aliphatic carbocycles. The van der Waals surface area contributed by atoms with Crippen molar-refractivity contribution >= 4 is 26.4 Å². The number of fused-ring (bicyclic) bond motifs is 1. The van der Waals surface area contributed by atoms with Crippen LogP contribution in [0.2, 0.25) is 0 Å². The molecular formula is C17H21N3O2S. The van der Waals surface area contributed by atoms with Gasteiger partial charge in [-0.2, -0.15) is 0 Å². The molecule has 6 heteroatoms. The quantitative estimate of drug-likeness (QED) is 0.862. The minimum Gasteiger partial charge on any atom is -0.370 e. The number of hydrogen-bond donors (Lipinski definition) is 0. The highest BCUT2D eigenvalue weighted by molar-refractivity contribution is 7.90. The minimum atomic E-state index is -2.94. The highest BCUT2D eigenvalue weighted by Gasteiger charge is 2.17. The lowest BCUT2D eigenvalue weighted by Crippen LogP contribution is -2.29. The number of para-hydroxylation sites is 2. The largest absolute Gasteiger partial charge is 0.370 e. The summed E-state index contributed by atoms with van der Waals surface area (Å²) in [5.74, 6) is 1.11. The zero-order valence-corrected chi connectivity index (χ0v) is 14.5. The molecule has 1 aromatic heterocycles. The Morgan fingerprint density at radius 2 is 2.00 bits per heavy atom. The average Bonchev–Trinajstić information content (AvgIpc) is 2.83. The minimum absolute atomic E-state index is 0.174. The topological polar surface area (TPSA) is 55.2 Å². The average molecular weight is 331 g/mol. The Labute approximate surface area is 136 Å². The van der Waals surface area contributed by atoms with E-state index in [0.29, 0.717) is 13.1 Å². The van der Waals surface area contributed by atoms with Crippen LogP contribution in [0.25, 0.3) is 16.6 Å². The Morgan fingerprint density at radius 3 is 2.65 bits per heavy atom. The molecule has 0 atom stereocenters. The monoisotopic (exact) mass is 331 g/mol. The summed E-state index contributed by atoms with van der Waals surface area (Å²) in [5.41, 5.74) is 4.24. The van der Waals surface area contributed by atoms with Gasteiger partial charge < -0.3 is 9.47 Å². The number of rotatable bonds is 4. The molecule has 1 aliphatic heterocycles. The highest BCUT2D eigenvalue weighted by atomic mass is 32.2. The van der Waals surface area contributed by atoms with Gasteiger partial charge in [0.05, 0.1) is 16.8 Å². The number of aryl methyl sites for hydroxylation is 1. The van der Waals surface area contributed by atoms with E-state index in [0.717, 1.165) is 28.1 Å². The van der Waals surface area contributed by atoms with Crippen LogP contribution in [0, 0.1) is 0 Å². The molecule has 0 unspecified atom stereocenters. The van der Waals surface area contributed by atoms with E-state index in [-0.39, 0.29) is 5.75 Å². The fourth-order valence-corrected chi connectivity index (χ4v) is 3.38. The Hall–Kier alpha value is -2.08. The number of imidazole rings is 1. The van der Waals surface area contributed by atoms with Crippen LogP contribution < -0.4 is 0 Å². The molecule has 23 heavy (non-hydrogen) atoms. The summed E-state index contributed by atoms with van der Waals surface area (Å²) in [7, 11) is -0.924. The lowest BCUT2D eigenvalue weighted by molar-refractivity contribution is 0.399. The van der Waals surface area contributed by atoms with Gasteiger partial charge in [0.2, 0.25) is 0 Å². The van der Waals surface area contributed by atoms with Crippen LogP contribution in [0.1, 0.15) is 12.7 Å². The number of benzene rings is 1. The maximum absolute atomic E-state index is 11.3. The van der Waals surface area contributed by atoms with Crippen LogP contribution in [0.15, 0.2) is 42.1 Å². The highest BCUT2D eigenvalue weighted by Crippen LogP contribution is 2.25. The molecule has 0 saturated heterocycles. The van der Waals surface area contributed by atoms with E-state index < -0.39 is 9.84 Å². The summed E-state index contributed by atoms with van der Waals surface area (Å²) in [6.07, 6.45) is 5.46.